The number of halogens is 4. The van der Waals surface area contributed by atoms with Crippen molar-refractivity contribution in [2.45, 2.75) is 37.7 Å². The Morgan fingerprint density at radius 3 is 2.20 bits per heavy atom. The largest absolute Gasteiger partial charge is 0.390 e. The summed E-state index contributed by atoms with van der Waals surface area (Å²) in [4.78, 5) is 0. The van der Waals surface area contributed by atoms with E-state index in [1.165, 1.54) is 0 Å². The van der Waals surface area contributed by atoms with Crippen LogP contribution in [-0.4, -0.2) is 11.6 Å². The normalized spacial score (nSPS) is 15.3. The van der Waals surface area contributed by atoms with Gasteiger partial charge in [0.2, 0.25) is 0 Å². The summed E-state index contributed by atoms with van der Waals surface area (Å²) in [6.07, 6.45) is -3.85. The summed E-state index contributed by atoms with van der Waals surface area (Å²) >= 11 is 5.35. The zero-order chi connectivity index (χ0) is 8.20. The van der Waals surface area contributed by atoms with Crippen LogP contribution in [0, 0.1) is 0 Å². The lowest BCUT2D eigenvalue weighted by Crippen LogP contribution is -2.14. The van der Waals surface area contributed by atoms with Crippen molar-refractivity contribution >= 4 is 11.6 Å². The Hall–Kier alpha value is 0.0800. The predicted molar refractivity (Wildman–Crippen MR) is 35.2 cm³/mol. The van der Waals surface area contributed by atoms with Crippen LogP contribution >= 0.6 is 11.6 Å². The molecule has 1 atom stereocenters. The lowest BCUT2D eigenvalue weighted by Gasteiger charge is -2.10. The van der Waals surface area contributed by atoms with Crippen molar-refractivity contribution in [2.24, 2.45) is 0 Å². The van der Waals surface area contributed by atoms with Crippen molar-refractivity contribution in [3.8, 4) is 0 Å². The first-order valence-electron chi connectivity index (χ1n) is 3.16. The van der Waals surface area contributed by atoms with Crippen LogP contribution in [0.2, 0.25) is 0 Å². The number of rotatable bonds is 3. The van der Waals surface area contributed by atoms with Gasteiger partial charge in [-0.05, 0) is 6.42 Å². The smallest absolute Gasteiger partial charge is 0.171 e. The first kappa shape index (κ1) is 10.1. The average Bonchev–Trinajstić information content (AvgIpc) is 1.59. The molecule has 0 spiro atoms. The fourth-order valence-electron chi connectivity index (χ4n) is 0.666. The third kappa shape index (κ3) is 6.20. The van der Waals surface area contributed by atoms with Gasteiger partial charge in [-0.25, -0.2) is 0 Å². The quantitative estimate of drug-likeness (QED) is 0.576. The monoisotopic (exact) mass is 174 g/mol. The van der Waals surface area contributed by atoms with E-state index in [2.05, 4.69) is 0 Å². The van der Waals surface area contributed by atoms with Crippen molar-refractivity contribution in [2.75, 3.05) is 0 Å². The maximum atomic E-state index is 11.5. The summed E-state index contributed by atoms with van der Waals surface area (Å²) < 4.78 is 34.6. The minimum Gasteiger partial charge on any atom is -0.171 e. The second-order valence-corrected chi connectivity index (χ2v) is 2.82. The van der Waals surface area contributed by atoms with Crippen molar-refractivity contribution < 1.29 is 13.2 Å². The molecular formula is C6H10ClF3. The van der Waals surface area contributed by atoms with Gasteiger partial charge in [-0.15, -0.1) is 11.6 Å². The van der Waals surface area contributed by atoms with Crippen LogP contribution in [0.15, 0.2) is 0 Å². The van der Waals surface area contributed by atoms with Gasteiger partial charge in [0.1, 0.15) is 0 Å². The molecular weight excluding hydrogens is 165 g/mol. The van der Waals surface area contributed by atoms with E-state index in [1.54, 1.807) is 0 Å². The molecule has 0 saturated heterocycles. The van der Waals surface area contributed by atoms with Crippen molar-refractivity contribution in [1.29, 1.82) is 0 Å². The molecule has 0 aliphatic rings. The number of hydrogen-bond donors (Lipinski definition) is 0. The fraction of sp³-hybridized carbons (Fsp3) is 1.00. The standard InChI is InChI=1S/C6H10ClF3/c1-2-3-5(7)4-6(8,9)10/h5H,2-4H2,1H3. The zero-order valence-electron chi connectivity index (χ0n) is 5.71. The van der Waals surface area contributed by atoms with E-state index in [-0.39, 0.29) is 0 Å². The molecule has 0 heterocycles. The highest BCUT2D eigenvalue weighted by atomic mass is 35.5. The first-order chi connectivity index (χ1) is 4.45. The highest BCUT2D eigenvalue weighted by Crippen LogP contribution is 2.25. The Morgan fingerprint density at radius 1 is 1.40 bits per heavy atom. The van der Waals surface area contributed by atoms with Crippen LogP contribution < -0.4 is 0 Å². The third-order valence-corrected chi connectivity index (χ3v) is 1.43. The molecule has 10 heavy (non-hydrogen) atoms. The van der Waals surface area contributed by atoms with Gasteiger partial charge in [0.25, 0.3) is 0 Å². The second-order valence-electron chi connectivity index (χ2n) is 2.21. The van der Waals surface area contributed by atoms with E-state index in [4.69, 9.17) is 11.6 Å². The summed E-state index contributed by atoms with van der Waals surface area (Å²) in [5.74, 6) is 0. The van der Waals surface area contributed by atoms with Gasteiger partial charge in [-0.2, -0.15) is 13.2 Å². The molecule has 0 fully saturated rings. The molecule has 0 N–H and O–H groups in total. The minimum atomic E-state index is -4.11. The minimum absolute atomic E-state index is 0.432. The van der Waals surface area contributed by atoms with E-state index < -0.39 is 18.0 Å². The highest BCUT2D eigenvalue weighted by Gasteiger charge is 2.30. The molecule has 0 aromatic rings. The molecule has 0 aliphatic carbocycles. The van der Waals surface area contributed by atoms with Crippen LogP contribution in [0.25, 0.3) is 0 Å². The molecule has 4 heteroatoms. The van der Waals surface area contributed by atoms with Gasteiger partial charge in [-0.1, -0.05) is 13.3 Å². The van der Waals surface area contributed by atoms with Gasteiger partial charge in [0, 0.05) is 5.38 Å². The topological polar surface area (TPSA) is 0 Å². The van der Waals surface area contributed by atoms with Crippen LogP contribution in [0.4, 0.5) is 13.2 Å². The van der Waals surface area contributed by atoms with Gasteiger partial charge >= 0.3 is 6.18 Å². The molecule has 62 valence electrons. The van der Waals surface area contributed by atoms with Crippen molar-refractivity contribution in [3.05, 3.63) is 0 Å². The number of hydrogen-bond acceptors (Lipinski definition) is 0. The summed E-state index contributed by atoms with van der Waals surface area (Å²) in [6, 6.07) is 0. The highest BCUT2D eigenvalue weighted by molar-refractivity contribution is 6.20. The SMILES string of the molecule is CCCC(Cl)CC(F)(F)F. The maximum absolute atomic E-state index is 11.5. The van der Waals surface area contributed by atoms with E-state index in [0.717, 1.165) is 0 Å². The Kier molecular flexibility index (Phi) is 4.09. The van der Waals surface area contributed by atoms with E-state index >= 15 is 0 Å². The van der Waals surface area contributed by atoms with Crippen molar-refractivity contribution in [1.82, 2.24) is 0 Å². The van der Waals surface area contributed by atoms with Gasteiger partial charge in [0.05, 0.1) is 6.42 Å². The molecule has 0 aliphatic heterocycles. The Morgan fingerprint density at radius 2 is 1.90 bits per heavy atom. The molecule has 0 rings (SSSR count). The summed E-state index contributed by atoms with van der Waals surface area (Å²) in [7, 11) is 0. The predicted octanol–water partition coefficient (Wildman–Crippen LogP) is 3.35. The molecule has 0 amide bonds. The summed E-state index contributed by atoms with van der Waals surface area (Å²) in [6.45, 7) is 1.81. The lowest BCUT2D eigenvalue weighted by atomic mass is 10.2. The molecule has 0 bridgehead atoms. The molecule has 0 aromatic carbocycles. The lowest BCUT2D eigenvalue weighted by molar-refractivity contribution is -0.134. The second kappa shape index (κ2) is 4.06. The van der Waals surface area contributed by atoms with Crippen LogP contribution in [0.3, 0.4) is 0 Å². The van der Waals surface area contributed by atoms with Crippen LogP contribution in [-0.2, 0) is 0 Å². The Bertz CT molecular complexity index is 89.5. The van der Waals surface area contributed by atoms with Crippen LogP contribution in [0.1, 0.15) is 26.2 Å². The molecule has 0 nitrogen and oxygen atoms in total. The molecule has 0 aromatic heterocycles. The van der Waals surface area contributed by atoms with Gasteiger partial charge in [-0.3, -0.25) is 0 Å². The Balaban J connectivity index is 3.47. The average molecular weight is 175 g/mol. The first-order valence-corrected chi connectivity index (χ1v) is 3.60. The van der Waals surface area contributed by atoms with Gasteiger partial charge in [0.15, 0.2) is 0 Å². The summed E-state index contributed by atoms with van der Waals surface area (Å²) in [5, 5.41) is -0.745. The van der Waals surface area contributed by atoms with E-state index in [9.17, 15) is 13.2 Å². The van der Waals surface area contributed by atoms with E-state index in [0.29, 0.717) is 12.8 Å². The van der Waals surface area contributed by atoms with Crippen LogP contribution in [0.5, 0.6) is 0 Å². The molecule has 0 radical (unpaired) electrons. The molecule has 1 unspecified atom stereocenters. The zero-order valence-corrected chi connectivity index (χ0v) is 6.47. The summed E-state index contributed by atoms with van der Waals surface area (Å²) in [5.41, 5.74) is 0. The fourth-order valence-corrected chi connectivity index (χ4v) is 1.06. The third-order valence-electron chi connectivity index (χ3n) is 1.05. The van der Waals surface area contributed by atoms with E-state index in [1.807, 2.05) is 6.92 Å². The number of alkyl halides is 4. The Labute approximate surface area is 63.4 Å². The van der Waals surface area contributed by atoms with Gasteiger partial charge < -0.3 is 0 Å². The maximum Gasteiger partial charge on any atom is 0.390 e. The molecule has 0 saturated carbocycles. The van der Waals surface area contributed by atoms with Crippen molar-refractivity contribution in [3.63, 3.8) is 0 Å².